The number of cyclic esters (lactones) is 1. The van der Waals surface area contributed by atoms with Crippen LogP contribution in [0.1, 0.15) is 12.8 Å². The van der Waals surface area contributed by atoms with Crippen molar-refractivity contribution < 1.29 is 28.6 Å². The molecule has 6 heteroatoms. The molecule has 1 unspecified atom stereocenters. The standard InChI is InChI=1S/C12H14O6/c1-16-10(14)12(11(15)17-2)5-3-4-7-8(12)6-18-9(7)13/h4,8H,3,5-6H2,1-2H3. The number of carbonyl (C=O) groups excluding carboxylic acids is 3. The van der Waals surface area contributed by atoms with Crippen molar-refractivity contribution in [1.29, 1.82) is 0 Å². The van der Waals surface area contributed by atoms with Crippen molar-refractivity contribution in [2.75, 3.05) is 20.8 Å². The fraction of sp³-hybridized carbons (Fsp3) is 0.583. The third kappa shape index (κ3) is 1.52. The first kappa shape index (κ1) is 12.6. The highest BCUT2D eigenvalue weighted by molar-refractivity contribution is 6.04. The molecule has 0 aromatic carbocycles. The minimum absolute atomic E-state index is 0.00880. The van der Waals surface area contributed by atoms with E-state index in [1.807, 2.05) is 0 Å². The number of ether oxygens (including phenoxy) is 3. The first-order chi connectivity index (χ1) is 8.57. The van der Waals surface area contributed by atoms with Crippen molar-refractivity contribution in [3.05, 3.63) is 11.6 Å². The van der Waals surface area contributed by atoms with Crippen molar-refractivity contribution in [3.8, 4) is 0 Å². The molecule has 0 radical (unpaired) electrons. The van der Waals surface area contributed by atoms with Gasteiger partial charge in [-0.3, -0.25) is 9.59 Å². The second-order valence-corrected chi connectivity index (χ2v) is 4.30. The molecule has 0 spiro atoms. The van der Waals surface area contributed by atoms with Crippen molar-refractivity contribution in [1.82, 2.24) is 0 Å². The van der Waals surface area contributed by atoms with Crippen LogP contribution in [0.4, 0.5) is 0 Å². The second kappa shape index (κ2) is 4.44. The highest BCUT2D eigenvalue weighted by atomic mass is 16.6. The summed E-state index contributed by atoms with van der Waals surface area (Å²) >= 11 is 0. The molecule has 98 valence electrons. The van der Waals surface area contributed by atoms with Gasteiger partial charge in [0.25, 0.3) is 0 Å². The number of hydrogen-bond acceptors (Lipinski definition) is 6. The maximum atomic E-state index is 12.0. The number of methoxy groups -OCH3 is 2. The summed E-state index contributed by atoms with van der Waals surface area (Å²) in [6.07, 6.45) is 2.41. The number of esters is 3. The smallest absolute Gasteiger partial charge is 0.334 e. The molecule has 0 aromatic heterocycles. The molecule has 1 aliphatic heterocycles. The third-order valence-corrected chi connectivity index (χ3v) is 3.59. The van der Waals surface area contributed by atoms with Crippen LogP contribution in [0.25, 0.3) is 0 Å². The van der Waals surface area contributed by atoms with Gasteiger partial charge in [0.05, 0.1) is 20.1 Å². The molecule has 0 amide bonds. The lowest BCUT2D eigenvalue weighted by atomic mass is 9.66. The van der Waals surface area contributed by atoms with Crippen molar-refractivity contribution in [3.63, 3.8) is 0 Å². The van der Waals surface area contributed by atoms with Gasteiger partial charge in [0.1, 0.15) is 6.61 Å². The minimum atomic E-state index is -1.46. The fourth-order valence-corrected chi connectivity index (χ4v) is 2.67. The lowest BCUT2D eigenvalue weighted by Gasteiger charge is -2.34. The zero-order valence-electron chi connectivity index (χ0n) is 10.2. The Balaban J connectivity index is 2.48. The predicted molar refractivity (Wildman–Crippen MR) is 58.2 cm³/mol. The van der Waals surface area contributed by atoms with Gasteiger partial charge in [-0.2, -0.15) is 0 Å². The Bertz CT molecular complexity index is 420. The third-order valence-electron chi connectivity index (χ3n) is 3.59. The normalized spacial score (nSPS) is 24.7. The summed E-state index contributed by atoms with van der Waals surface area (Å²) in [4.78, 5) is 35.6. The number of hydrogen-bond donors (Lipinski definition) is 0. The van der Waals surface area contributed by atoms with E-state index >= 15 is 0 Å². The first-order valence-electron chi connectivity index (χ1n) is 5.62. The number of fused-ring (bicyclic) bond motifs is 1. The van der Waals surface area contributed by atoms with Crippen LogP contribution in [0.2, 0.25) is 0 Å². The van der Waals surface area contributed by atoms with Crippen LogP contribution in [0.3, 0.4) is 0 Å². The Morgan fingerprint density at radius 1 is 1.33 bits per heavy atom. The molecule has 0 aromatic rings. The molecule has 18 heavy (non-hydrogen) atoms. The summed E-state index contributed by atoms with van der Waals surface area (Å²) in [7, 11) is 2.42. The van der Waals surface area contributed by atoms with Gasteiger partial charge in [-0.15, -0.1) is 0 Å². The predicted octanol–water partition coefficient (Wildman–Crippen LogP) is 0.212. The van der Waals surface area contributed by atoms with Gasteiger partial charge in [0.2, 0.25) is 0 Å². The lowest BCUT2D eigenvalue weighted by Crippen LogP contribution is -2.49. The average molecular weight is 254 g/mol. The highest BCUT2D eigenvalue weighted by Gasteiger charge is 2.60. The molecule has 0 N–H and O–H groups in total. The molecule has 1 saturated heterocycles. The van der Waals surface area contributed by atoms with E-state index in [4.69, 9.17) is 14.2 Å². The molecule has 2 aliphatic rings. The topological polar surface area (TPSA) is 78.9 Å². The average Bonchev–Trinajstić information content (AvgIpc) is 2.79. The zero-order chi connectivity index (χ0) is 13.3. The summed E-state index contributed by atoms with van der Waals surface area (Å²) in [6.45, 7) is 0.00880. The molecule has 1 fully saturated rings. The lowest BCUT2D eigenvalue weighted by molar-refractivity contribution is -0.174. The van der Waals surface area contributed by atoms with Crippen molar-refractivity contribution >= 4 is 17.9 Å². The molecular weight excluding hydrogens is 240 g/mol. The molecule has 1 aliphatic carbocycles. The molecule has 0 saturated carbocycles. The maximum absolute atomic E-state index is 12.0. The van der Waals surface area contributed by atoms with Crippen LogP contribution in [0, 0.1) is 11.3 Å². The van der Waals surface area contributed by atoms with E-state index in [1.54, 1.807) is 6.08 Å². The molecule has 6 nitrogen and oxygen atoms in total. The summed E-state index contributed by atoms with van der Waals surface area (Å²) in [6, 6.07) is 0. The molecular formula is C12H14O6. The van der Waals surface area contributed by atoms with E-state index in [-0.39, 0.29) is 13.0 Å². The summed E-state index contributed by atoms with van der Waals surface area (Å²) in [5, 5.41) is 0. The van der Waals surface area contributed by atoms with Crippen LogP contribution in [0.5, 0.6) is 0 Å². The monoisotopic (exact) mass is 254 g/mol. The quantitative estimate of drug-likeness (QED) is 0.398. The Morgan fingerprint density at radius 3 is 2.50 bits per heavy atom. The molecule has 0 bridgehead atoms. The van der Waals surface area contributed by atoms with Gasteiger partial charge in [-0.05, 0) is 12.8 Å². The van der Waals surface area contributed by atoms with Crippen LogP contribution < -0.4 is 0 Å². The maximum Gasteiger partial charge on any atom is 0.334 e. The van der Waals surface area contributed by atoms with E-state index in [9.17, 15) is 14.4 Å². The number of rotatable bonds is 2. The van der Waals surface area contributed by atoms with Gasteiger partial charge >= 0.3 is 17.9 Å². The van der Waals surface area contributed by atoms with Gasteiger partial charge in [-0.1, -0.05) is 6.08 Å². The Hall–Kier alpha value is -1.85. The largest absolute Gasteiger partial charge is 0.468 e. The van der Waals surface area contributed by atoms with Crippen LogP contribution in [-0.2, 0) is 28.6 Å². The molecule has 2 rings (SSSR count). The fourth-order valence-electron chi connectivity index (χ4n) is 2.67. The first-order valence-corrected chi connectivity index (χ1v) is 5.62. The second-order valence-electron chi connectivity index (χ2n) is 4.30. The summed E-state index contributed by atoms with van der Waals surface area (Å²) in [5.41, 5.74) is -1.09. The van der Waals surface area contributed by atoms with Gasteiger partial charge < -0.3 is 14.2 Å². The summed E-state index contributed by atoms with van der Waals surface area (Å²) < 4.78 is 14.4. The van der Waals surface area contributed by atoms with Crippen molar-refractivity contribution in [2.24, 2.45) is 11.3 Å². The van der Waals surface area contributed by atoms with E-state index in [2.05, 4.69) is 0 Å². The van der Waals surface area contributed by atoms with Crippen LogP contribution in [0.15, 0.2) is 11.6 Å². The Kier molecular flexibility index (Phi) is 3.11. The van der Waals surface area contributed by atoms with Crippen LogP contribution in [-0.4, -0.2) is 38.7 Å². The van der Waals surface area contributed by atoms with Crippen LogP contribution >= 0.6 is 0 Å². The molecule has 1 atom stereocenters. The van der Waals surface area contributed by atoms with E-state index in [0.717, 1.165) is 0 Å². The highest BCUT2D eigenvalue weighted by Crippen LogP contribution is 2.46. The zero-order valence-corrected chi connectivity index (χ0v) is 10.2. The van der Waals surface area contributed by atoms with Gasteiger partial charge in [-0.25, -0.2) is 4.79 Å². The Morgan fingerprint density at radius 2 is 1.94 bits per heavy atom. The SMILES string of the molecule is COC(=O)C1(C(=O)OC)CCC=C2C(=O)OCC21. The Labute approximate surface area is 104 Å². The van der Waals surface area contributed by atoms with E-state index in [1.165, 1.54) is 14.2 Å². The summed E-state index contributed by atoms with van der Waals surface area (Å²) in [5.74, 6) is -2.44. The van der Waals surface area contributed by atoms with Gasteiger partial charge in [0.15, 0.2) is 5.41 Å². The van der Waals surface area contributed by atoms with E-state index in [0.29, 0.717) is 12.0 Å². The van der Waals surface area contributed by atoms with E-state index < -0.39 is 29.2 Å². The van der Waals surface area contributed by atoms with Gasteiger partial charge in [0, 0.05) is 5.57 Å². The van der Waals surface area contributed by atoms with Crippen molar-refractivity contribution in [2.45, 2.75) is 12.8 Å². The minimum Gasteiger partial charge on any atom is -0.468 e. The number of allylic oxidation sites excluding steroid dienone is 1. The number of carbonyl (C=O) groups is 3. The molecule has 1 heterocycles.